The van der Waals surface area contributed by atoms with Crippen LogP contribution >= 0.6 is 23.5 Å². The van der Waals surface area contributed by atoms with Gasteiger partial charge in [-0.15, -0.1) is 0 Å². The van der Waals surface area contributed by atoms with Gasteiger partial charge < -0.3 is 9.84 Å². The van der Waals surface area contributed by atoms with E-state index in [0.717, 1.165) is 17.2 Å². The molecule has 6 heteroatoms. The van der Waals surface area contributed by atoms with E-state index >= 15 is 0 Å². The van der Waals surface area contributed by atoms with Gasteiger partial charge in [0.1, 0.15) is 11.8 Å². The Hall–Kier alpha value is -0.330. The molecule has 2 heterocycles. The number of aliphatic hydroxyl groups excluding tert-OH is 1. The van der Waals surface area contributed by atoms with E-state index in [0.29, 0.717) is 5.75 Å². The number of rotatable bonds is 3. The highest BCUT2D eigenvalue weighted by Crippen LogP contribution is 2.36. The summed E-state index contributed by atoms with van der Waals surface area (Å²) in [5.41, 5.74) is 0.780. The van der Waals surface area contributed by atoms with E-state index in [4.69, 9.17) is 4.74 Å². The molecule has 1 aliphatic rings. The summed E-state index contributed by atoms with van der Waals surface area (Å²) < 4.78 is 6.92. The number of aromatic nitrogens is 2. The predicted octanol–water partition coefficient (Wildman–Crippen LogP) is 1.31. The van der Waals surface area contributed by atoms with Gasteiger partial charge in [-0.3, -0.25) is 4.68 Å². The van der Waals surface area contributed by atoms with E-state index in [2.05, 4.69) is 5.10 Å². The fourth-order valence-corrected chi connectivity index (χ4v) is 4.51. The number of thioether (sulfide) groups is 2. The van der Waals surface area contributed by atoms with Crippen LogP contribution in [0.5, 0.6) is 5.75 Å². The molecule has 2 atom stereocenters. The van der Waals surface area contributed by atoms with Crippen molar-refractivity contribution in [3.63, 3.8) is 0 Å². The Kier molecular flexibility index (Phi) is 4.05. The summed E-state index contributed by atoms with van der Waals surface area (Å²) >= 11 is 3.73. The van der Waals surface area contributed by atoms with E-state index in [9.17, 15) is 5.11 Å². The van der Waals surface area contributed by atoms with Gasteiger partial charge in [0.25, 0.3) is 0 Å². The van der Waals surface area contributed by atoms with Gasteiger partial charge in [0.05, 0.1) is 13.3 Å². The van der Waals surface area contributed by atoms with Gasteiger partial charge in [0.15, 0.2) is 5.75 Å². The van der Waals surface area contributed by atoms with Crippen LogP contribution in [0.4, 0.5) is 0 Å². The Bertz CT molecular complexity index is 351. The Labute approximate surface area is 104 Å². The Morgan fingerprint density at radius 1 is 1.62 bits per heavy atom. The Morgan fingerprint density at radius 2 is 2.44 bits per heavy atom. The second kappa shape index (κ2) is 5.33. The highest BCUT2D eigenvalue weighted by Gasteiger charge is 2.28. The van der Waals surface area contributed by atoms with Crippen LogP contribution in [0.15, 0.2) is 6.20 Å². The van der Waals surface area contributed by atoms with Crippen molar-refractivity contribution in [3.8, 4) is 5.75 Å². The SMILES string of the molecule is COc1cnn(C)c1C(O)C1CSCCS1. The zero-order chi connectivity index (χ0) is 11.5. The first kappa shape index (κ1) is 12.1. The van der Waals surface area contributed by atoms with Crippen LogP contribution in [0.3, 0.4) is 0 Å². The number of hydrogen-bond acceptors (Lipinski definition) is 5. The highest BCUT2D eigenvalue weighted by molar-refractivity contribution is 8.06. The summed E-state index contributed by atoms with van der Waals surface area (Å²) in [6, 6.07) is 0. The maximum atomic E-state index is 10.4. The molecule has 0 spiro atoms. The monoisotopic (exact) mass is 260 g/mol. The molecule has 0 aromatic carbocycles. The molecule has 16 heavy (non-hydrogen) atoms. The molecule has 1 aromatic rings. The molecule has 0 radical (unpaired) electrons. The summed E-state index contributed by atoms with van der Waals surface area (Å²) in [4.78, 5) is 0. The second-order valence-electron chi connectivity index (χ2n) is 3.65. The smallest absolute Gasteiger partial charge is 0.162 e. The van der Waals surface area contributed by atoms with Gasteiger partial charge in [-0.25, -0.2) is 0 Å². The first-order valence-electron chi connectivity index (χ1n) is 5.17. The summed E-state index contributed by atoms with van der Waals surface area (Å²) in [7, 11) is 3.44. The lowest BCUT2D eigenvalue weighted by Gasteiger charge is -2.26. The zero-order valence-corrected chi connectivity index (χ0v) is 11.1. The standard InChI is InChI=1S/C10H16N2O2S2/c1-12-9(7(14-2)5-11-12)10(13)8-6-15-3-4-16-8/h5,8,10,13H,3-4,6H2,1-2H3. The summed E-state index contributed by atoms with van der Waals surface area (Å²) in [5, 5.41) is 14.7. The molecule has 2 rings (SSSR count). The largest absolute Gasteiger partial charge is 0.493 e. The molecule has 4 nitrogen and oxygen atoms in total. The van der Waals surface area contributed by atoms with Crippen molar-refractivity contribution >= 4 is 23.5 Å². The third-order valence-corrected chi connectivity index (χ3v) is 5.49. The third-order valence-electron chi connectivity index (χ3n) is 2.64. The molecule has 1 aliphatic heterocycles. The summed E-state index contributed by atoms with van der Waals surface area (Å²) in [6.45, 7) is 0. The number of hydrogen-bond donors (Lipinski definition) is 1. The first-order chi connectivity index (χ1) is 7.74. The second-order valence-corrected chi connectivity index (χ2v) is 6.15. The molecule has 0 bridgehead atoms. The van der Waals surface area contributed by atoms with Gasteiger partial charge >= 0.3 is 0 Å². The van der Waals surface area contributed by atoms with E-state index in [1.165, 1.54) is 5.75 Å². The molecular formula is C10H16N2O2S2. The fourth-order valence-electron chi connectivity index (χ4n) is 1.79. The zero-order valence-electron chi connectivity index (χ0n) is 9.42. The van der Waals surface area contributed by atoms with Crippen LogP contribution in [-0.2, 0) is 7.05 Å². The normalized spacial score (nSPS) is 23.1. The lowest BCUT2D eigenvalue weighted by Crippen LogP contribution is -2.24. The van der Waals surface area contributed by atoms with Crippen LogP contribution in [0.25, 0.3) is 0 Å². The van der Waals surface area contributed by atoms with Crippen molar-refractivity contribution in [2.45, 2.75) is 11.4 Å². The number of methoxy groups -OCH3 is 1. The Balaban J connectivity index is 2.18. The molecule has 0 saturated carbocycles. The minimum absolute atomic E-state index is 0.239. The van der Waals surface area contributed by atoms with Gasteiger partial charge in [0, 0.05) is 29.6 Å². The first-order valence-corrected chi connectivity index (χ1v) is 7.37. The van der Waals surface area contributed by atoms with E-state index in [1.54, 1.807) is 18.0 Å². The average molecular weight is 260 g/mol. The van der Waals surface area contributed by atoms with Crippen LogP contribution in [-0.4, -0.2) is 44.5 Å². The molecule has 0 aliphatic carbocycles. The predicted molar refractivity (Wildman–Crippen MR) is 68.3 cm³/mol. The van der Waals surface area contributed by atoms with Crippen molar-refractivity contribution in [1.29, 1.82) is 0 Å². The van der Waals surface area contributed by atoms with Gasteiger partial charge in [-0.1, -0.05) is 0 Å². The topological polar surface area (TPSA) is 47.3 Å². The van der Waals surface area contributed by atoms with Crippen molar-refractivity contribution < 1.29 is 9.84 Å². The van der Waals surface area contributed by atoms with Gasteiger partial charge in [-0.05, 0) is 0 Å². The number of aliphatic hydroxyl groups is 1. The highest BCUT2D eigenvalue weighted by atomic mass is 32.2. The maximum Gasteiger partial charge on any atom is 0.162 e. The fraction of sp³-hybridized carbons (Fsp3) is 0.700. The van der Waals surface area contributed by atoms with Crippen LogP contribution in [0, 0.1) is 0 Å². The van der Waals surface area contributed by atoms with Crippen molar-refractivity contribution in [1.82, 2.24) is 9.78 Å². The third kappa shape index (κ3) is 2.33. The molecule has 0 amide bonds. The minimum atomic E-state index is -0.500. The van der Waals surface area contributed by atoms with Crippen LogP contribution < -0.4 is 4.74 Å². The Morgan fingerprint density at radius 3 is 3.06 bits per heavy atom. The van der Waals surface area contributed by atoms with E-state index in [-0.39, 0.29) is 5.25 Å². The minimum Gasteiger partial charge on any atom is -0.493 e. The number of ether oxygens (including phenoxy) is 1. The quantitative estimate of drug-likeness (QED) is 0.888. The molecule has 1 fully saturated rings. The van der Waals surface area contributed by atoms with Crippen molar-refractivity contribution in [2.75, 3.05) is 24.4 Å². The van der Waals surface area contributed by atoms with Crippen LogP contribution in [0.1, 0.15) is 11.8 Å². The lowest BCUT2D eigenvalue weighted by atomic mass is 10.2. The van der Waals surface area contributed by atoms with Crippen molar-refractivity contribution in [2.24, 2.45) is 7.05 Å². The van der Waals surface area contributed by atoms with Gasteiger partial charge in [-0.2, -0.15) is 28.6 Å². The van der Waals surface area contributed by atoms with Crippen molar-refractivity contribution in [3.05, 3.63) is 11.9 Å². The lowest BCUT2D eigenvalue weighted by molar-refractivity contribution is 0.166. The molecular weight excluding hydrogens is 244 g/mol. The summed E-state index contributed by atoms with van der Waals surface area (Å²) in [6.07, 6.45) is 1.15. The molecule has 1 N–H and O–H groups in total. The van der Waals surface area contributed by atoms with E-state index < -0.39 is 6.10 Å². The number of aryl methyl sites for hydroxylation is 1. The molecule has 90 valence electrons. The summed E-state index contributed by atoms with van der Waals surface area (Å²) in [5.74, 6) is 3.94. The molecule has 1 aromatic heterocycles. The van der Waals surface area contributed by atoms with Crippen LogP contribution in [0.2, 0.25) is 0 Å². The molecule has 2 unspecified atom stereocenters. The average Bonchev–Trinajstić information content (AvgIpc) is 2.70. The van der Waals surface area contributed by atoms with E-state index in [1.807, 2.05) is 30.6 Å². The molecule has 1 saturated heterocycles. The van der Waals surface area contributed by atoms with Gasteiger partial charge in [0.2, 0.25) is 0 Å². The maximum absolute atomic E-state index is 10.4. The number of nitrogens with zero attached hydrogens (tertiary/aromatic N) is 2.